The van der Waals surface area contributed by atoms with Crippen molar-refractivity contribution in [1.82, 2.24) is 0 Å². The number of hydrogen-bond donors (Lipinski definition) is 1. The van der Waals surface area contributed by atoms with Crippen molar-refractivity contribution in [3.63, 3.8) is 0 Å². The number of anilines is 1. The van der Waals surface area contributed by atoms with Crippen molar-refractivity contribution >= 4 is 22.0 Å². The molecule has 74 valence electrons. The number of ether oxygens (including phenoxy) is 1. The molecule has 1 heterocycles. The molecule has 1 N–H and O–H groups in total. The predicted octanol–water partition coefficient (Wildman–Crippen LogP) is 0.591. The van der Waals surface area contributed by atoms with Crippen molar-refractivity contribution in [3.8, 4) is 5.75 Å². The van der Waals surface area contributed by atoms with Gasteiger partial charge in [0.05, 0.1) is 5.69 Å². The maximum atomic E-state index is 11.1. The van der Waals surface area contributed by atoms with Gasteiger partial charge in [0.2, 0.25) is 5.94 Å². The zero-order valence-corrected chi connectivity index (χ0v) is 7.87. The Morgan fingerprint density at radius 1 is 1.43 bits per heavy atom. The zero-order chi connectivity index (χ0) is 10.2. The van der Waals surface area contributed by atoms with Gasteiger partial charge in [0.15, 0.2) is 0 Å². The standard InChI is InChI=1S/C8H7NO4S/c10-4-6-1-2-8-7(3-6)9-14(11,12)5-13-8/h1-4,9H,5H2. The van der Waals surface area contributed by atoms with E-state index in [2.05, 4.69) is 4.72 Å². The molecule has 14 heavy (non-hydrogen) atoms. The normalized spacial score (nSPS) is 17.4. The first-order chi connectivity index (χ1) is 6.61. The maximum absolute atomic E-state index is 11.1. The van der Waals surface area contributed by atoms with Crippen molar-refractivity contribution in [3.05, 3.63) is 23.8 Å². The Morgan fingerprint density at radius 2 is 2.21 bits per heavy atom. The van der Waals surface area contributed by atoms with Gasteiger partial charge in [-0.05, 0) is 18.2 Å². The summed E-state index contributed by atoms with van der Waals surface area (Å²) in [5, 5.41) is 0. The van der Waals surface area contributed by atoms with Crippen molar-refractivity contribution in [1.29, 1.82) is 0 Å². The van der Waals surface area contributed by atoms with Gasteiger partial charge in [-0.1, -0.05) is 0 Å². The van der Waals surface area contributed by atoms with Crippen LogP contribution in [-0.2, 0) is 10.0 Å². The molecule has 0 radical (unpaired) electrons. The predicted molar refractivity (Wildman–Crippen MR) is 49.9 cm³/mol. The van der Waals surface area contributed by atoms with Crippen LogP contribution >= 0.6 is 0 Å². The van der Waals surface area contributed by atoms with Crippen LogP contribution in [-0.4, -0.2) is 20.6 Å². The summed E-state index contributed by atoms with van der Waals surface area (Å²) in [6.45, 7) is 0. The van der Waals surface area contributed by atoms with Gasteiger partial charge in [-0.15, -0.1) is 0 Å². The zero-order valence-electron chi connectivity index (χ0n) is 7.06. The van der Waals surface area contributed by atoms with Gasteiger partial charge >= 0.3 is 0 Å². The number of aldehydes is 1. The average molecular weight is 213 g/mol. The molecule has 0 saturated carbocycles. The van der Waals surface area contributed by atoms with Crippen LogP contribution in [0.3, 0.4) is 0 Å². The number of benzene rings is 1. The Kier molecular flexibility index (Phi) is 1.92. The van der Waals surface area contributed by atoms with Crippen molar-refractivity contribution < 1.29 is 17.9 Å². The van der Waals surface area contributed by atoms with Crippen LogP contribution in [0, 0.1) is 0 Å². The van der Waals surface area contributed by atoms with Crippen LogP contribution in [0.2, 0.25) is 0 Å². The molecular formula is C8H7NO4S. The second-order valence-electron chi connectivity index (χ2n) is 2.85. The highest BCUT2D eigenvalue weighted by Gasteiger charge is 2.20. The third-order valence-corrected chi connectivity index (χ3v) is 2.73. The number of rotatable bonds is 1. The summed E-state index contributed by atoms with van der Waals surface area (Å²) in [6.07, 6.45) is 0.642. The topological polar surface area (TPSA) is 72.5 Å². The fourth-order valence-electron chi connectivity index (χ4n) is 1.16. The van der Waals surface area contributed by atoms with E-state index in [0.717, 1.165) is 0 Å². The first-order valence-corrected chi connectivity index (χ1v) is 5.48. The van der Waals surface area contributed by atoms with Crippen molar-refractivity contribution in [2.45, 2.75) is 0 Å². The van der Waals surface area contributed by atoms with Gasteiger partial charge in [-0.2, -0.15) is 0 Å². The SMILES string of the molecule is O=Cc1ccc2c(c1)NS(=O)(=O)CO2. The van der Waals surface area contributed by atoms with Crippen LogP contribution < -0.4 is 9.46 Å². The number of nitrogens with one attached hydrogen (secondary N) is 1. The van der Waals surface area contributed by atoms with E-state index in [1.54, 1.807) is 12.1 Å². The summed E-state index contributed by atoms with van der Waals surface area (Å²) in [4.78, 5) is 10.4. The van der Waals surface area contributed by atoms with Crippen LogP contribution in [0.25, 0.3) is 0 Å². The Labute approximate surface area is 80.7 Å². The van der Waals surface area contributed by atoms with Gasteiger partial charge in [0.25, 0.3) is 10.0 Å². The number of hydrogen-bond acceptors (Lipinski definition) is 4. The van der Waals surface area contributed by atoms with E-state index >= 15 is 0 Å². The summed E-state index contributed by atoms with van der Waals surface area (Å²) in [5.41, 5.74) is 0.706. The van der Waals surface area contributed by atoms with Gasteiger partial charge in [-0.25, -0.2) is 8.42 Å². The van der Waals surface area contributed by atoms with Crippen molar-refractivity contribution in [2.24, 2.45) is 0 Å². The minimum Gasteiger partial charge on any atom is -0.474 e. The lowest BCUT2D eigenvalue weighted by Gasteiger charge is -2.18. The number of carbonyl (C=O) groups excluding carboxylic acids is 1. The lowest BCUT2D eigenvalue weighted by molar-refractivity contribution is 0.112. The molecule has 5 nitrogen and oxygen atoms in total. The quantitative estimate of drug-likeness (QED) is 0.693. The van der Waals surface area contributed by atoms with E-state index in [0.29, 0.717) is 23.3 Å². The molecular weight excluding hydrogens is 206 g/mol. The van der Waals surface area contributed by atoms with Crippen LogP contribution in [0.1, 0.15) is 10.4 Å². The minimum atomic E-state index is -3.41. The molecule has 0 unspecified atom stereocenters. The minimum absolute atomic E-state index is 0.306. The monoisotopic (exact) mass is 213 g/mol. The first kappa shape index (κ1) is 9.01. The van der Waals surface area contributed by atoms with Gasteiger partial charge in [-0.3, -0.25) is 9.52 Å². The van der Waals surface area contributed by atoms with E-state index in [4.69, 9.17) is 4.74 Å². The highest BCUT2D eigenvalue weighted by Crippen LogP contribution is 2.29. The lowest BCUT2D eigenvalue weighted by atomic mass is 10.2. The number of fused-ring (bicyclic) bond motifs is 1. The summed E-state index contributed by atoms with van der Waals surface area (Å²) in [5.74, 6) is 0.0471. The molecule has 0 spiro atoms. The molecule has 0 amide bonds. The largest absolute Gasteiger partial charge is 0.474 e. The lowest BCUT2D eigenvalue weighted by Crippen LogP contribution is -2.25. The van der Waals surface area contributed by atoms with Gasteiger partial charge < -0.3 is 4.74 Å². The highest BCUT2D eigenvalue weighted by atomic mass is 32.2. The van der Waals surface area contributed by atoms with E-state index in [9.17, 15) is 13.2 Å². The fourth-order valence-corrected chi connectivity index (χ4v) is 2.00. The van der Waals surface area contributed by atoms with E-state index in [-0.39, 0.29) is 5.94 Å². The van der Waals surface area contributed by atoms with Crippen LogP contribution in [0.5, 0.6) is 5.75 Å². The smallest absolute Gasteiger partial charge is 0.268 e. The molecule has 1 aromatic carbocycles. The molecule has 1 aliphatic rings. The maximum Gasteiger partial charge on any atom is 0.268 e. The van der Waals surface area contributed by atoms with Crippen LogP contribution in [0.4, 0.5) is 5.69 Å². The molecule has 0 bridgehead atoms. The second kappa shape index (κ2) is 2.98. The molecule has 0 saturated heterocycles. The third kappa shape index (κ3) is 1.56. The molecule has 2 rings (SSSR count). The number of sulfonamides is 1. The number of carbonyl (C=O) groups is 1. The summed E-state index contributed by atoms with van der Waals surface area (Å²) in [6, 6.07) is 4.55. The summed E-state index contributed by atoms with van der Waals surface area (Å²) < 4.78 is 29.4. The molecule has 0 fully saturated rings. The Hall–Kier alpha value is -1.56. The van der Waals surface area contributed by atoms with Gasteiger partial charge in [0.1, 0.15) is 12.0 Å². The van der Waals surface area contributed by atoms with Crippen molar-refractivity contribution in [2.75, 3.05) is 10.7 Å². The fraction of sp³-hybridized carbons (Fsp3) is 0.125. The van der Waals surface area contributed by atoms with Gasteiger partial charge in [0, 0.05) is 5.56 Å². The Bertz CT molecular complexity index is 480. The van der Waals surface area contributed by atoms with E-state index < -0.39 is 10.0 Å². The average Bonchev–Trinajstić information content (AvgIpc) is 2.15. The highest BCUT2D eigenvalue weighted by molar-refractivity contribution is 7.92. The first-order valence-electron chi connectivity index (χ1n) is 3.83. The van der Waals surface area contributed by atoms with E-state index in [1.807, 2.05) is 0 Å². The molecule has 1 aromatic rings. The summed E-state index contributed by atoms with van der Waals surface area (Å²) in [7, 11) is -3.41. The third-order valence-electron chi connectivity index (χ3n) is 1.77. The molecule has 0 aliphatic carbocycles. The summed E-state index contributed by atoms with van der Waals surface area (Å²) >= 11 is 0. The van der Waals surface area contributed by atoms with E-state index in [1.165, 1.54) is 6.07 Å². The van der Waals surface area contributed by atoms with Crippen LogP contribution in [0.15, 0.2) is 18.2 Å². The Morgan fingerprint density at radius 3 is 2.93 bits per heavy atom. The second-order valence-corrected chi connectivity index (χ2v) is 4.52. The molecule has 0 atom stereocenters. The Balaban J connectivity index is 2.49. The molecule has 6 heteroatoms. The molecule has 0 aromatic heterocycles. The molecule has 1 aliphatic heterocycles.